The van der Waals surface area contributed by atoms with Crippen molar-refractivity contribution in [3.63, 3.8) is 0 Å². The van der Waals surface area contributed by atoms with Crippen LogP contribution in [0, 0.1) is 5.92 Å². The molecule has 1 aromatic heterocycles. The highest BCUT2D eigenvalue weighted by Gasteiger charge is 2.29. The Bertz CT molecular complexity index is 762. The molecule has 2 aliphatic heterocycles. The molecular formula is C17H28N6O2S. The van der Waals surface area contributed by atoms with E-state index in [9.17, 15) is 8.42 Å². The molecule has 1 atom stereocenters. The van der Waals surface area contributed by atoms with Crippen molar-refractivity contribution in [3.8, 4) is 0 Å². The fourth-order valence-electron chi connectivity index (χ4n) is 3.84. The van der Waals surface area contributed by atoms with E-state index >= 15 is 0 Å². The molecule has 0 aromatic carbocycles. The summed E-state index contributed by atoms with van der Waals surface area (Å²) >= 11 is 0. The van der Waals surface area contributed by atoms with Gasteiger partial charge in [0.15, 0.2) is 21.6 Å². The third kappa shape index (κ3) is 3.97. The number of hydrogen-bond donors (Lipinski definition) is 2. The molecule has 1 aromatic rings. The number of anilines is 1. The summed E-state index contributed by atoms with van der Waals surface area (Å²) in [6.07, 6.45) is 3.31. The van der Waals surface area contributed by atoms with Gasteiger partial charge >= 0.3 is 0 Å². The molecule has 1 unspecified atom stereocenters. The van der Waals surface area contributed by atoms with Crippen molar-refractivity contribution < 1.29 is 8.42 Å². The van der Waals surface area contributed by atoms with Crippen LogP contribution in [0.1, 0.15) is 30.9 Å². The average Bonchev–Trinajstić information content (AvgIpc) is 3.26. The van der Waals surface area contributed by atoms with Crippen molar-refractivity contribution in [1.82, 2.24) is 20.4 Å². The summed E-state index contributed by atoms with van der Waals surface area (Å²) < 4.78 is 23.2. The van der Waals surface area contributed by atoms with E-state index in [0.717, 1.165) is 44.4 Å². The fraction of sp³-hybridized carbons (Fsp3) is 0.765. The molecule has 0 spiro atoms. The van der Waals surface area contributed by atoms with Gasteiger partial charge in [0, 0.05) is 57.4 Å². The Labute approximate surface area is 155 Å². The van der Waals surface area contributed by atoms with E-state index in [-0.39, 0.29) is 5.92 Å². The van der Waals surface area contributed by atoms with Crippen LogP contribution in [-0.2, 0) is 9.84 Å². The quantitative estimate of drug-likeness (QED) is 0.581. The predicted molar refractivity (Wildman–Crippen MR) is 102 cm³/mol. The van der Waals surface area contributed by atoms with E-state index in [2.05, 4.69) is 36.4 Å². The van der Waals surface area contributed by atoms with E-state index in [1.54, 1.807) is 7.05 Å². The zero-order chi connectivity index (χ0) is 18.1. The number of rotatable bonds is 4. The lowest BCUT2D eigenvalue weighted by molar-refractivity contribution is 0.368. The maximum absolute atomic E-state index is 11.6. The lowest BCUT2D eigenvalue weighted by Crippen LogP contribution is -2.53. The van der Waals surface area contributed by atoms with Gasteiger partial charge in [-0.25, -0.2) is 8.42 Å². The van der Waals surface area contributed by atoms with Crippen LogP contribution in [0.25, 0.3) is 0 Å². The van der Waals surface area contributed by atoms with Crippen LogP contribution < -0.4 is 10.2 Å². The second-order valence-corrected chi connectivity index (χ2v) is 9.86. The minimum atomic E-state index is -2.82. The smallest absolute Gasteiger partial charge is 0.193 e. The normalized spacial score (nSPS) is 26.3. The maximum Gasteiger partial charge on any atom is 0.193 e. The number of H-pyrrole nitrogens is 1. The Hall–Kier alpha value is -1.77. The highest BCUT2D eigenvalue weighted by atomic mass is 32.2. The van der Waals surface area contributed by atoms with Crippen molar-refractivity contribution in [2.45, 2.75) is 25.2 Å². The number of aromatic amines is 1. The standard InChI is InChI=1S/C17H28N6O2S/c1-18-17(19-11-13-4-9-26(24,25)12-13)23-7-5-22(6-8-23)16-10-15(20-21-16)14-2-3-14/h10,13-14H,2-9,11-12H2,1H3,(H,18,19)(H,20,21). The van der Waals surface area contributed by atoms with Gasteiger partial charge in [0.25, 0.3) is 0 Å². The van der Waals surface area contributed by atoms with E-state index in [1.807, 2.05) is 0 Å². The van der Waals surface area contributed by atoms with Crippen LogP contribution in [-0.4, -0.2) is 80.8 Å². The van der Waals surface area contributed by atoms with E-state index in [0.29, 0.717) is 24.0 Å². The Morgan fingerprint density at radius 3 is 2.69 bits per heavy atom. The molecule has 1 aliphatic carbocycles. The fourth-order valence-corrected chi connectivity index (χ4v) is 5.70. The number of nitrogens with one attached hydrogen (secondary N) is 2. The number of aromatic nitrogens is 2. The lowest BCUT2D eigenvalue weighted by atomic mass is 10.1. The highest BCUT2D eigenvalue weighted by molar-refractivity contribution is 7.91. The molecule has 3 aliphatic rings. The first-order valence-corrected chi connectivity index (χ1v) is 11.3. The van der Waals surface area contributed by atoms with Gasteiger partial charge in [-0.3, -0.25) is 10.1 Å². The van der Waals surface area contributed by atoms with Crippen molar-refractivity contribution in [2.75, 3.05) is 56.2 Å². The minimum Gasteiger partial charge on any atom is -0.356 e. The summed E-state index contributed by atoms with van der Waals surface area (Å²) in [7, 11) is -1.04. The van der Waals surface area contributed by atoms with Crippen LogP contribution in [0.3, 0.4) is 0 Å². The number of sulfone groups is 1. The van der Waals surface area contributed by atoms with Crippen LogP contribution in [0.4, 0.5) is 5.82 Å². The van der Waals surface area contributed by atoms with E-state index in [4.69, 9.17) is 0 Å². The number of guanidine groups is 1. The summed E-state index contributed by atoms with van der Waals surface area (Å²) in [4.78, 5) is 8.94. The summed E-state index contributed by atoms with van der Waals surface area (Å²) in [6.45, 7) is 4.26. The molecule has 144 valence electrons. The topological polar surface area (TPSA) is 93.7 Å². The first-order valence-electron chi connectivity index (χ1n) is 9.50. The average molecular weight is 381 g/mol. The third-order valence-corrected chi connectivity index (χ3v) is 7.43. The summed E-state index contributed by atoms with van der Waals surface area (Å²) in [5.74, 6) is 3.43. The number of hydrogen-bond acceptors (Lipinski definition) is 5. The first kappa shape index (κ1) is 17.6. The van der Waals surface area contributed by atoms with Gasteiger partial charge in [-0.15, -0.1) is 0 Å². The van der Waals surface area contributed by atoms with Gasteiger partial charge in [0.05, 0.1) is 11.5 Å². The Morgan fingerprint density at radius 1 is 1.31 bits per heavy atom. The van der Waals surface area contributed by atoms with Gasteiger partial charge in [0.2, 0.25) is 0 Å². The lowest BCUT2D eigenvalue weighted by Gasteiger charge is -2.36. The first-order chi connectivity index (χ1) is 12.5. The van der Waals surface area contributed by atoms with Gasteiger partial charge in [0.1, 0.15) is 0 Å². The van der Waals surface area contributed by atoms with Crippen LogP contribution in [0.15, 0.2) is 11.1 Å². The van der Waals surface area contributed by atoms with Gasteiger partial charge in [-0.05, 0) is 25.2 Å². The molecule has 0 radical (unpaired) electrons. The molecule has 3 fully saturated rings. The van der Waals surface area contributed by atoms with Crippen molar-refractivity contribution in [2.24, 2.45) is 10.9 Å². The molecule has 1 saturated carbocycles. The van der Waals surface area contributed by atoms with Crippen LogP contribution in [0.5, 0.6) is 0 Å². The second-order valence-electron chi connectivity index (χ2n) is 7.63. The van der Waals surface area contributed by atoms with Crippen molar-refractivity contribution in [3.05, 3.63) is 11.8 Å². The molecule has 2 N–H and O–H groups in total. The highest BCUT2D eigenvalue weighted by Crippen LogP contribution is 2.39. The summed E-state index contributed by atoms with van der Waals surface area (Å²) in [6, 6.07) is 2.20. The monoisotopic (exact) mass is 380 g/mol. The van der Waals surface area contributed by atoms with Crippen molar-refractivity contribution in [1.29, 1.82) is 0 Å². The molecular weight excluding hydrogens is 352 g/mol. The minimum absolute atomic E-state index is 0.197. The number of piperazine rings is 1. The SMILES string of the molecule is CN=C(NCC1CCS(=O)(=O)C1)N1CCN(c2cc(C3CC3)[nH]n2)CC1. The molecule has 9 heteroatoms. The molecule has 0 bridgehead atoms. The summed E-state index contributed by atoms with van der Waals surface area (Å²) in [5.41, 5.74) is 1.27. The number of nitrogens with zero attached hydrogens (tertiary/aromatic N) is 4. The molecule has 4 rings (SSSR count). The van der Waals surface area contributed by atoms with Gasteiger partial charge in [-0.1, -0.05) is 0 Å². The van der Waals surface area contributed by atoms with E-state index in [1.165, 1.54) is 18.5 Å². The van der Waals surface area contributed by atoms with Gasteiger partial charge < -0.3 is 15.1 Å². The molecule has 26 heavy (non-hydrogen) atoms. The largest absolute Gasteiger partial charge is 0.356 e. The molecule has 3 heterocycles. The second kappa shape index (κ2) is 7.09. The molecule has 0 amide bonds. The zero-order valence-electron chi connectivity index (χ0n) is 15.3. The maximum atomic E-state index is 11.6. The third-order valence-electron chi connectivity index (χ3n) is 5.59. The van der Waals surface area contributed by atoms with Crippen LogP contribution in [0.2, 0.25) is 0 Å². The van der Waals surface area contributed by atoms with Crippen LogP contribution >= 0.6 is 0 Å². The predicted octanol–water partition coefficient (Wildman–Crippen LogP) is 0.419. The van der Waals surface area contributed by atoms with E-state index < -0.39 is 9.84 Å². The van der Waals surface area contributed by atoms with Crippen molar-refractivity contribution >= 4 is 21.6 Å². The Morgan fingerprint density at radius 2 is 2.08 bits per heavy atom. The zero-order valence-corrected chi connectivity index (χ0v) is 16.1. The molecule has 2 saturated heterocycles. The number of aliphatic imine (C=N–C) groups is 1. The summed E-state index contributed by atoms with van der Waals surface area (Å²) in [5, 5.41) is 11.0. The molecule has 8 nitrogen and oxygen atoms in total. The Balaban J connectivity index is 1.27. The van der Waals surface area contributed by atoms with Gasteiger partial charge in [-0.2, -0.15) is 5.10 Å². The Kier molecular flexibility index (Phi) is 4.81.